The van der Waals surface area contributed by atoms with Crippen molar-refractivity contribution in [3.63, 3.8) is 0 Å². The molecule has 0 saturated carbocycles. The minimum absolute atomic E-state index is 0.556. The summed E-state index contributed by atoms with van der Waals surface area (Å²) in [6, 6.07) is 93.8. The lowest BCUT2D eigenvalue weighted by molar-refractivity contribution is 0.792. The van der Waals surface area contributed by atoms with Crippen molar-refractivity contribution in [2.45, 2.75) is 5.41 Å². The quantitative estimate of drug-likeness (QED) is 0.155. The molecule has 2 aliphatic rings. The van der Waals surface area contributed by atoms with Gasteiger partial charge in [-0.3, -0.25) is 0 Å². The molecule has 11 aromatic rings. The predicted molar refractivity (Wildman–Crippen MR) is 271 cm³/mol. The van der Waals surface area contributed by atoms with Crippen LogP contribution in [0.5, 0.6) is 0 Å². The molecule has 0 unspecified atom stereocenters. The third-order valence-electron chi connectivity index (χ3n) is 13.8. The molecule has 1 heterocycles. The van der Waals surface area contributed by atoms with E-state index < -0.39 is 5.41 Å². The lowest BCUT2D eigenvalue weighted by Gasteiger charge is -2.32. The maximum atomic E-state index is 2.50. The normalized spacial score (nSPS) is 12.7. The zero-order chi connectivity index (χ0) is 42.9. The molecule has 10 aromatic carbocycles. The van der Waals surface area contributed by atoms with Gasteiger partial charge >= 0.3 is 0 Å². The zero-order valence-electron chi connectivity index (χ0n) is 35.6. The van der Waals surface area contributed by atoms with Gasteiger partial charge in [-0.1, -0.05) is 194 Å². The fraction of sp³-hybridized carbons (Fsp3) is 0.0159. The van der Waals surface area contributed by atoms with Gasteiger partial charge < -0.3 is 9.47 Å². The summed E-state index contributed by atoms with van der Waals surface area (Å²) in [7, 11) is 0. The molecule has 0 atom stereocenters. The van der Waals surface area contributed by atoms with Gasteiger partial charge in [0.2, 0.25) is 0 Å². The predicted octanol–water partition coefficient (Wildman–Crippen LogP) is 16.4. The Balaban J connectivity index is 1.04. The molecule has 0 bridgehead atoms. The molecule has 304 valence electrons. The summed E-state index contributed by atoms with van der Waals surface area (Å²) in [5, 5.41) is 1.22. The van der Waals surface area contributed by atoms with E-state index >= 15 is 0 Å². The summed E-state index contributed by atoms with van der Waals surface area (Å²) in [5.41, 5.74) is 22.6. The van der Waals surface area contributed by atoms with Crippen molar-refractivity contribution in [3.8, 4) is 61.5 Å². The first kappa shape index (κ1) is 37.1. The molecule has 0 saturated heterocycles. The van der Waals surface area contributed by atoms with Crippen LogP contribution in [0, 0.1) is 0 Å². The van der Waals surface area contributed by atoms with Gasteiger partial charge in [0.05, 0.1) is 16.6 Å². The van der Waals surface area contributed by atoms with E-state index in [2.05, 4.69) is 264 Å². The second-order valence-corrected chi connectivity index (χ2v) is 17.3. The molecule has 2 nitrogen and oxygen atoms in total. The van der Waals surface area contributed by atoms with E-state index in [9.17, 15) is 0 Å². The van der Waals surface area contributed by atoms with Crippen molar-refractivity contribution < 1.29 is 0 Å². The Morgan fingerprint density at radius 2 is 0.723 bits per heavy atom. The van der Waals surface area contributed by atoms with E-state index in [0.29, 0.717) is 0 Å². The number of fused-ring (bicyclic) bond motifs is 11. The minimum atomic E-state index is -0.556. The summed E-state index contributed by atoms with van der Waals surface area (Å²) in [4.78, 5) is 2.43. The average Bonchev–Trinajstić information content (AvgIpc) is 4.02. The third kappa shape index (κ3) is 5.74. The van der Waals surface area contributed by atoms with E-state index in [1.165, 1.54) is 88.9 Å². The van der Waals surface area contributed by atoms with Crippen LogP contribution in [-0.2, 0) is 5.41 Å². The number of hydrogen-bond donors (Lipinski definition) is 0. The first-order chi connectivity index (χ1) is 32.2. The van der Waals surface area contributed by atoms with Crippen molar-refractivity contribution in [2.24, 2.45) is 0 Å². The molecule has 2 aliphatic carbocycles. The van der Waals surface area contributed by atoms with Crippen LogP contribution in [-0.4, -0.2) is 4.57 Å². The van der Waals surface area contributed by atoms with Crippen LogP contribution in [0.4, 0.5) is 17.1 Å². The van der Waals surface area contributed by atoms with Gasteiger partial charge in [0, 0.05) is 28.1 Å². The lowest BCUT2D eigenvalue weighted by Crippen LogP contribution is -2.26. The monoisotopic (exact) mass is 826 g/mol. The van der Waals surface area contributed by atoms with Crippen LogP contribution in [0.3, 0.4) is 0 Å². The van der Waals surface area contributed by atoms with Gasteiger partial charge in [-0.15, -0.1) is 0 Å². The maximum Gasteiger partial charge on any atom is 0.0727 e. The Hall–Kier alpha value is -8.46. The highest BCUT2D eigenvalue weighted by Gasteiger charge is 2.52. The van der Waals surface area contributed by atoms with Crippen LogP contribution in [0.15, 0.2) is 255 Å². The van der Waals surface area contributed by atoms with E-state index in [-0.39, 0.29) is 0 Å². The highest BCUT2D eigenvalue weighted by molar-refractivity contribution is 5.97. The molecule has 0 fully saturated rings. The molecular formula is C63H42N2. The molecular weight excluding hydrogens is 785 g/mol. The molecule has 0 radical (unpaired) electrons. The highest BCUT2D eigenvalue weighted by atomic mass is 15.1. The number of hydrogen-bond acceptors (Lipinski definition) is 1. The molecule has 1 aromatic heterocycles. The summed E-state index contributed by atoms with van der Waals surface area (Å²) in [6.07, 6.45) is 0. The van der Waals surface area contributed by atoms with E-state index in [0.717, 1.165) is 22.7 Å². The first-order valence-corrected chi connectivity index (χ1v) is 22.5. The summed E-state index contributed by atoms with van der Waals surface area (Å²) >= 11 is 0. The fourth-order valence-corrected chi connectivity index (χ4v) is 11.0. The minimum Gasteiger partial charge on any atom is -0.310 e. The largest absolute Gasteiger partial charge is 0.310 e. The Bertz CT molecular complexity index is 3440. The third-order valence-corrected chi connectivity index (χ3v) is 13.8. The number of anilines is 3. The molecule has 2 heteroatoms. The van der Waals surface area contributed by atoms with E-state index in [4.69, 9.17) is 0 Å². The second-order valence-electron chi connectivity index (χ2n) is 17.3. The summed E-state index contributed by atoms with van der Waals surface area (Å²) < 4.78 is 2.46. The molecule has 0 aliphatic heterocycles. The van der Waals surface area contributed by atoms with Gasteiger partial charge in [0.25, 0.3) is 0 Å². The first-order valence-electron chi connectivity index (χ1n) is 22.5. The van der Waals surface area contributed by atoms with Crippen LogP contribution in [0.2, 0.25) is 0 Å². The van der Waals surface area contributed by atoms with Crippen LogP contribution >= 0.6 is 0 Å². The molecule has 0 N–H and O–H groups in total. The van der Waals surface area contributed by atoms with Gasteiger partial charge in [-0.05, 0) is 133 Å². The smallest absolute Gasteiger partial charge is 0.0727 e. The van der Waals surface area contributed by atoms with Crippen molar-refractivity contribution in [2.75, 3.05) is 4.90 Å². The molecule has 65 heavy (non-hydrogen) atoms. The number of para-hydroxylation sites is 1. The molecule has 13 rings (SSSR count). The number of benzene rings is 10. The van der Waals surface area contributed by atoms with Gasteiger partial charge in [-0.25, -0.2) is 0 Å². The molecule has 1 spiro atoms. The lowest BCUT2D eigenvalue weighted by atomic mass is 9.70. The molecule has 0 amide bonds. The number of rotatable bonds is 7. The Morgan fingerprint density at radius 3 is 1.31 bits per heavy atom. The van der Waals surface area contributed by atoms with Crippen LogP contribution in [0.1, 0.15) is 22.3 Å². The Labute approximate surface area is 379 Å². The van der Waals surface area contributed by atoms with Crippen LogP contribution < -0.4 is 4.90 Å². The standard InChI is InChI=1S/C63H42N2/c1-4-16-43(17-5-1)45-28-32-49(33-29-45)64(50-34-30-46(31-35-50)44-18-6-2-7-19-44)51-36-38-55-56-39-37-52(65-61-27-15-10-22-48(61)40-62(65)47-20-8-3-9-21-47)42-60(56)63(59(55)41-51)57-25-13-11-23-53(57)54-24-12-14-26-58(54)63/h1-42H. The fourth-order valence-electron chi connectivity index (χ4n) is 11.0. The zero-order valence-corrected chi connectivity index (χ0v) is 35.6. The topological polar surface area (TPSA) is 8.17 Å². The number of nitrogens with zero attached hydrogens (tertiary/aromatic N) is 2. The second kappa shape index (κ2) is 14.8. The van der Waals surface area contributed by atoms with Crippen molar-refractivity contribution in [3.05, 3.63) is 277 Å². The number of aromatic nitrogens is 1. The Morgan fingerprint density at radius 1 is 0.292 bits per heavy atom. The average molecular weight is 827 g/mol. The van der Waals surface area contributed by atoms with Gasteiger partial charge in [0.15, 0.2) is 0 Å². The highest BCUT2D eigenvalue weighted by Crippen LogP contribution is 2.63. The van der Waals surface area contributed by atoms with Crippen molar-refractivity contribution in [1.29, 1.82) is 0 Å². The SMILES string of the molecule is c1ccc(-c2ccc(N(c3ccc(-c4ccccc4)cc3)c3ccc4c(c3)C3(c5ccccc5-c5ccccc53)c3cc(-n5c(-c6ccccc6)cc6ccccc65)ccc3-4)cc2)cc1. The van der Waals surface area contributed by atoms with Crippen molar-refractivity contribution >= 4 is 28.0 Å². The maximum absolute atomic E-state index is 2.50. The van der Waals surface area contributed by atoms with Gasteiger partial charge in [-0.2, -0.15) is 0 Å². The van der Waals surface area contributed by atoms with E-state index in [1.807, 2.05) is 0 Å². The summed E-state index contributed by atoms with van der Waals surface area (Å²) in [6.45, 7) is 0. The summed E-state index contributed by atoms with van der Waals surface area (Å²) in [5.74, 6) is 0. The van der Waals surface area contributed by atoms with E-state index in [1.54, 1.807) is 0 Å². The van der Waals surface area contributed by atoms with Gasteiger partial charge in [0.1, 0.15) is 0 Å². The Kier molecular flexibility index (Phi) is 8.47. The van der Waals surface area contributed by atoms with Crippen molar-refractivity contribution in [1.82, 2.24) is 4.57 Å². The van der Waals surface area contributed by atoms with Crippen LogP contribution in [0.25, 0.3) is 72.4 Å².